The van der Waals surface area contributed by atoms with E-state index in [1.807, 2.05) is 0 Å². The van der Waals surface area contributed by atoms with Gasteiger partial charge in [-0.3, -0.25) is 14.4 Å². The third-order valence-corrected chi connectivity index (χ3v) is 15.8. The van der Waals surface area contributed by atoms with Crippen molar-refractivity contribution >= 4 is 17.9 Å². The van der Waals surface area contributed by atoms with E-state index in [0.29, 0.717) is 19.3 Å². The van der Waals surface area contributed by atoms with Crippen molar-refractivity contribution in [3.05, 3.63) is 12.2 Å². The molecular weight excluding hydrogens is 925 g/mol. The van der Waals surface area contributed by atoms with Gasteiger partial charge in [-0.1, -0.05) is 341 Å². The van der Waals surface area contributed by atoms with Gasteiger partial charge < -0.3 is 14.2 Å². The smallest absolute Gasteiger partial charge is 0.306 e. The fourth-order valence-corrected chi connectivity index (χ4v) is 10.6. The van der Waals surface area contributed by atoms with Crippen LogP contribution in [0.2, 0.25) is 0 Å². The summed E-state index contributed by atoms with van der Waals surface area (Å²) in [5, 5.41) is 0. The Balaban J connectivity index is 4.06. The van der Waals surface area contributed by atoms with Crippen molar-refractivity contribution in [2.75, 3.05) is 13.2 Å². The van der Waals surface area contributed by atoms with Crippen LogP contribution in [0.1, 0.15) is 393 Å². The van der Waals surface area contributed by atoms with Crippen LogP contribution in [0.4, 0.5) is 0 Å². The number of allylic oxidation sites excluding steroid dienone is 2. The van der Waals surface area contributed by atoms with Gasteiger partial charge >= 0.3 is 17.9 Å². The average molecular weight is 1060 g/mol. The molecule has 0 aromatic heterocycles. The number of esters is 3. The van der Waals surface area contributed by atoms with E-state index in [1.165, 1.54) is 295 Å². The standard InChI is InChI=1S/C69H132O6/c1-4-7-10-13-16-19-21-23-25-27-29-30-31-32-33-34-35-36-37-38-40-41-43-45-47-50-53-56-59-62-68(71)74-65-66(64-73-67(70)61-58-55-52-49-18-15-12-9-6-3)75-69(72)63-60-57-54-51-48-46-44-42-39-28-26-24-22-20-17-14-11-8-5-2/h27,29,66H,4-26,28,30-65H2,1-3H3/b29-27-. The van der Waals surface area contributed by atoms with E-state index in [9.17, 15) is 14.4 Å². The third kappa shape index (κ3) is 62.9. The van der Waals surface area contributed by atoms with Gasteiger partial charge in [0.1, 0.15) is 13.2 Å². The summed E-state index contributed by atoms with van der Waals surface area (Å²) in [7, 11) is 0. The molecule has 0 N–H and O–H groups in total. The van der Waals surface area contributed by atoms with Gasteiger partial charge in [-0.25, -0.2) is 0 Å². The van der Waals surface area contributed by atoms with Crippen LogP contribution in [-0.4, -0.2) is 37.2 Å². The van der Waals surface area contributed by atoms with E-state index in [4.69, 9.17) is 14.2 Å². The van der Waals surface area contributed by atoms with Crippen LogP contribution in [0.15, 0.2) is 12.2 Å². The lowest BCUT2D eigenvalue weighted by Gasteiger charge is -2.18. The van der Waals surface area contributed by atoms with E-state index in [2.05, 4.69) is 32.9 Å². The highest BCUT2D eigenvalue weighted by atomic mass is 16.6. The van der Waals surface area contributed by atoms with Crippen molar-refractivity contribution in [1.82, 2.24) is 0 Å². The Labute approximate surface area is 469 Å². The lowest BCUT2D eigenvalue weighted by atomic mass is 10.0. The highest BCUT2D eigenvalue weighted by Crippen LogP contribution is 2.19. The number of ether oxygens (including phenoxy) is 3. The second kappa shape index (κ2) is 64.7. The molecule has 0 rings (SSSR count). The molecule has 444 valence electrons. The molecule has 0 fully saturated rings. The molecule has 1 atom stereocenters. The summed E-state index contributed by atoms with van der Waals surface area (Å²) < 4.78 is 16.9. The van der Waals surface area contributed by atoms with E-state index < -0.39 is 6.10 Å². The first kappa shape index (κ1) is 73.2. The topological polar surface area (TPSA) is 78.9 Å². The quantitative estimate of drug-likeness (QED) is 0.0261. The van der Waals surface area contributed by atoms with Crippen LogP contribution >= 0.6 is 0 Å². The Morgan fingerprint density at radius 3 is 0.667 bits per heavy atom. The van der Waals surface area contributed by atoms with Gasteiger partial charge in [0, 0.05) is 19.3 Å². The van der Waals surface area contributed by atoms with Crippen LogP contribution in [-0.2, 0) is 28.6 Å². The summed E-state index contributed by atoms with van der Waals surface area (Å²) in [4.78, 5) is 38.2. The van der Waals surface area contributed by atoms with Gasteiger partial charge in [0.2, 0.25) is 0 Å². The molecule has 0 heterocycles. The van der Waals surface area contributed by atoms with Crippen LogP contribution in [0.25, 0.3) is 0 Å². The molecule has 0 aromatic rings. The predicted molar refractivity (Wildman–Crippen MR) is 326 cm³/mol. The molecule has 0 aliphatic heterocycles. The highest BCUT2D eigenvalue weighted by molar-refractivity contribution is 5.71. The molecule has 0 aromatic carbocycles. The van der Waals surface area contributed by atoms with Gasteiger partial charge in [0.05, 0.1) is 0 Å². The minimum atomic E-state index is -0.763. The van der Waals surface area contributed by atoms with E-state index in [1.54, 1.807) is 0 Å². The van der Waals surface area contributed by atoms with Gasteiger partial charge in [-0.05, 0) is 44.9 Å². The first-order valence-corrected chi connectivity index (χ1v) is 34.2. The van der Waals surface area contributed by atoms with Gasteiger partial charge in [0.15, 0.2) is 6.10 Å². The van der Waals surface area contributed by atoms with Crippen molar-refractivity contribution in [1.29, 1.82) is 0 Å². The van der Waals surface area contributed by atoms with E-state index in [0.717, 1.165) is 57.8 Å². The number of rotatable bonds is 64. The summed E-state index contributed by atoms with van der Waals surface area (Å²) in [5.74, 6) is -0.834. The molecule has 6 nitrogen and oxygen atoms in total. The number of carbonyl (C=O) groups excluding carboxylic acids is 3. The molecule has 0 amide bonds. The maximum atomic E-state index is 12.9. The second-order valence-corrected chi connectivity index (χ2v) is 23.5. The van der Waals surface area contributed by atoms with Crippen molar-refractivity contribution in [2.24, 2.45) is 0 Å². The van der Waals surface area contributed by atoms with E-state index in [-0.39, 0.29) is 31.1 Å². The Hall–Kier alpha value is -1.85. The van der Waals surface area contributed by atoms with E-state index >= 15 is 0 Å². The minimum absolute atomic E-state index is 0.0627. The molecule has 0 aliphatic carbocycles. The number of hydrogen-bond acceptors (Lipinski definition) is 6. The molecule has 6 heteroatoms. The van der Waals surface area contributed by atoms with Crippen LogP contribution < -0.4 is 0 Å². The summed E-state index contributed by atoms with van der Waals surface area (Å²) in [6, 6.07) is 0. The first-order valence-electron chi connectivity index (χ1n) is 34.2. The molecule has 0 saturated carbocycles. The largest absolute Gasteiger partial charge is 0.462 e. The lowest BCUT2D eigenvalue weighted by Crippen LogP contribution is -2.30. The Morgan fingerprint density at radius 1 is 0.253 bits per heavy atom. The number of unbranched alkanes of at least 4 members (excludes halogenated alkanes) is 51. The van der Waals surface area contributed by atoms with Gasteiger partial charge in [-0.15, -0.1) is 0 Å². The second-order valence-electron chi connectivity index (χ2n) is 23.5. The van der Waals surface area contributed by atoms with Crippen LogP contribution in [0.3, 0.4) is 0 Å². The SMILES string of the molecule is CCCCCCCCCC/C=C\CCCCCCCCCCCCCCCCCCCC(=O)OCC(COC(=O)CCCCCCCCCCC)OC(=O)CCCCCCCCCCCCCCCCCCCCC. The average Bonchev–Trinajstić information content (AvgIpc) is 3.41. The molecular formula is C69H132O6. The van der Waals surface area contributed by atoms with Crippen molar-refractivity contribution in [2.45, 2.75) is 399 Å². The Morgan fingerprint density at radius 2 is 0.440 bits per heavy atom. The lowest BCUT2D eigenvalue weighted by molar-refractivity contribution is -0.167. The first-order chi connectivity index (χ1) is 37.0. The molecule has 0 saturated heterocycles. The zero-order valence-corrected chi connectivity index (χ0v) is 51.1. The van der Waals surface area contributed by atoms with Crippen molar-refractivity contribution in [3.8, 4) is 0 Å². The Kier molecular flexibility index (Phi) is 63.1. The summed E-state index contributed by atoms with van der Waals surface area (Å²) in [5.41, 5.74) is 0. The normalized spacial score (nSPS) is 12.0. The van der Waals surface area contributed by atoms with Crippen LogP contribution in [0, 0.1) is 0 Å². The highest BCUT2D eigenvalue weighted by Gasteiger charge is 2.19. The fourth-order valence-electron chi connectivity index (χ4n) is 10.6. The van der Waals surface area contributed by atoms with Crippen molar-refractivity contribution < 1.29 is 28.6 Å². The summed E-state index contributed by atoms with van der Waals surface area (Å²) in [6.45, 7) is 6.70. The zero-order valence-electron chi connectivity index (χ0n) is 51.1. The van der Waals surface area contributed by atoms with Gasteiger partial charge in [-0.2, -0.15) is 0 Å². The maximum Gasteiger partial charge on any atom is 0.306 e. The zero-order chi connectivity index (χ0) is 54.3. The van der Waals surface area contributed by atoms with Crippen molar-refractivity contribution in [3.63, 3.8) is 0 Å². The molecule has 0 spiro atoms. The molecule has 0 radical (unpaired) electrons. The molecule has 0 bridgehead atoms. The fraction of sp³-hybridized carbons (Fsp3) is 0.928. The molecule has 1 unspecified atom stereocenters. The summed E-state index contributed by atoms with van der Waals surface area (Å²) >= 11 is 0. The van der Waals surface area contributed by atoms with Crippen LogP contribution in [0.5, 0.6) is 0 Å². The minimum Gasteiger partial charge on any atom is -0.462 e. The predicted octanol–water partition coefficient (Wildman–Crippen LogP) is 23.2. The maximum absolute atomic E-state index is 12.9. The number of hydrogen-bond donors (Lipinski definition) is 0. The Bertz CT molecular complexity index is 1170. The molecule has 75 heavy (non-hydrogen) atoms. The third-order valence-electron chi connectivity index (χ3n) is 15.8. The monoisotopic (exact) mass is 1060 g/mol. The summed E-state index contributed by atoms with van der Waals surface area (Å²) in [6.07, 6.45) is 76.8. The number of carbonyl (C=O) groups is 3. The van der Waals surface area contributed by atoms with Gasteiger partial charge in [0.25, 0.3) is 0 Å². The molecule has 0 aliphatic rings.